The van der Waals surface area contributed by atoms with Crippen LogP contribution in [0.15, 0.2) is 12.1 Å². The number of carbonyl (C=O) groups excluding carboxylic acids is 1. The summed E-state index contributed by atoms with van der Waals surface area (Å²) >= 11 is 0. The number of ether oxygens (including phenoxy) is 3. The molecule has 1 amide bonds. The predicted octanol–water partition coefficient (Wildman–Crippen LogP) is 1.42. The Labute approximate surface area is 176 Å². The molecule has 2 N–H and O–H groups in total. The van der Waals surface area contributed by atoms with E-state index in [1.54, 1.807) is 13.2 Å². The molecule has 1 aromatic rings. The lowest BCUT2D eigenvalue weighted by Gasteiger charge is -2.40. The average Bonchev–Trinajstić information content (AvgIpc) is 3.48. The first-order chi connectivity index (χ1) is 14.5. The van der Waals surface area contributed by atoms with Gasteiger partial charge in [-0.15, -0.1) is 0 Å². The van der Waals surface area contributed by atoms with Crippen LogP contribution < -0.4 is 15.0 Å². The fraction of sp³-hybridized carbons (Fsp3) is 0.714. The first-order valence-electron chi connectivity index (χ1n) is 10.5. The maximum atomic E-state index is 12.6. The van der Waals surface area contributed by atoms with Crippen LogP contribution in [-0.4, -0.2) is 81.4 Å². The molecule has 1 aliphatic carbocycles. The zero-order valence-electron chi connectivity index (χ0n) is 17.7. The molecule has 2 fully saturated rings. The van der Waals surface area contributed by atoms with E-state index in [4.69, 9.17) is 14.2 Å². The van der Waals surface area contributed by atoms with Crippen molar-refractivity contribution in [3.8, 4) is 5.88 Å². The summed E-state index contributed by atoms with van der Waals surface area (Å²) in [5.74, 6) is 0.727. The highest BCUT2D eigenvalue weighted by atomic mass is 19.1. The highest BCUT2D eigenvalue weighted by Crippen LogP contribution is 2.39. The van der Waals surface area contributed by atoms with E-state index >= 15 is 0 Å². The molecule has 3 rings (SSSR count). The maximum Gasteiger partial charge on any atom is 0.270 e. The summed E-state index contributed by atoms with van der Waals surface area (Å²) in [6.45, 7) is 4.18. The van der Waals surface area contributed by atoms with Gasteiger partial charge >= 0.3 is 0 Å². The molecule has 0 spiro atoms. The quantitative estimate of drug-likeness (QED) is 0.462. The van der Waals surface area contributed by atoms with Gasteiger partial charge in [0.25, 0.3) is 5.91 Å². The number of anilines is 1. The Morgan fingerprint density at radius 3 is 2.87 bits per heavy atom. The summed E-state index contributed by atoms with van der Waals surface area (Å²) in [4.78, 5) is 19.2. The van der Waals surface area contributed by atoms with Crippen LogP contribution in [0.1, 0.15) is 30.3 Å². The van der Waals surface area contributed by atoms with Gasteiger partial charge in [-0.05, 0) is 43.7 Å². The molecule has 9 heteroatoms. The Bertz CT molecular complexity index is 701. The highest BCUT2D eigenvalue weighted by molar-refractivity contribution is 5.93. The second-order valence-corrected chi connectivity index (χ2v) is 8.02. The van der Waals surface area contributed by atoms with Gasteiger partial charge in [0.1, 0.15) is 11.4 Å². The topological polar surface area (TPSA) is 93.2 Å². The third-order valence-corrected chi connectivity index (χ3v) is 5.50. The van der Waals surface area contributed by atoms with Gasteiger partial charge in [-0.1, -0.05) is 0 Å². The van der Waals surface area contributed by atoms with E-state index in [1.807, 2.05) is 13.0 Å². The molecule has 1 saturated carbocycles. The van der Waals surface area contributed by atoms with E-state index in [1.165, 1.54) is 0 Å². The molecule has 1 saturated heterocycles. The van der Waals surface area contributed by atoms with Crippen LogP contribution >= 0.6 is 0 Å². The SMILES string of the molecule is COC1CN(c2ccc(C(=O)N[C@@H](C)COCCCF)nc2OC[C@@H]2C[C@@H]2CO)C1. The van der Waals surface area contributed by atoms with Crippen molar-refractivity contribution in [2.75, 3.05) is 58.2 Å². The third-order valence-electron chi connectivity index (χ3n) is 5.50. The second-order valence-electron chi connectivity index (χ2n) is 8.02. The predicted molar refractivity (Wildman–Crippen MR) is 110 cm³/mol. The maximum absolute atomic E-state index is 12.6. The van der Waals surface area contributed by atoms with Crippen LogP contribution in [0.4, 0.5) is 10.1 Å². The highest BCUT2D eigenvalue weighted by Gasteiger charge is 2.37. The van der Waals surface area contributed by atoms with Crippen LogP contribution in [0.5, 0.6) is 5.88 Å². The number of aliphatic hydroxyl groups excluding tert-OH is 1. The van der Waals surface area contributed by atoms with Gasteiger partial charge < -0.3 is 29.5 Å². The molecule has 30 heavy (non-hydrogen) atoms. The van der Waals surface area contributed by atoms with Crippen molar-refractivity contribution in [3.63, 3.8) is 0 Å². The molecule has 1 aromatic heterocycles. The van der Waals surface area contributed by atoms with Gasteiger partial charge in [-0.2, -0.15) is 0 Å². The number of nitrogens with one attached hydrogen (secondary N) is 1. The normalized spacial score (nSPS) is 21.8. The molecule has 168 valence electrons. The van der Waals surface area contributed by atoms with Gasteiger partial charge in [-0.3, -0.25) is 9.18 Å². The monoisotopic (exact) mass is 425 g/mol. The van der Waals surface area contributed by atoms with E-state index < -0.39 is 6.67 Å². The lowest BCUT2D eigenvalue weighted by Crippen LogP contribution is -2.52. The summed E-state index contributed by atoms with van der Waals surface area (Å²) in [5, 5.41) is 12.1. The number of nitrogens with zero attached hydrogens (tertiary/aromatic N) is 2. The van der Waals surface area contributed by atoms with Gasteiger partial charge in [0, 0.05) is 39.5 Å². The molecule has 8 nitrogen and oxygen atoms in total. The molecule has 2 aliphatic rings. The summed E-state index contributed by atoms with van der Waals surface area (Å²) in [6, 6.07) is 3.31. The Morgan fingerprint density at radius 1 is 1.40 bits per heavy atom. The molecule has 0 radical (unpaired) electrons. The minimum Gasteiger partial charge on any atom is -0.476 e. The standard InChI is InChI=1S/C21H32FN3O5/c1-14(12-29-7-3-6-22)23-20(27)18-4-5-19(25-9-17(10-25)28-2)21(24-18)30-13-16-8-15(16)11-26/h4-5,14-17,26H,3,6-13H2,1-2H3,(H,23,27)/t14-,15+,16-/m0/s1. The number of pyridine rings is 1. The van der Waals surface area contributed by atoms with E-state index in [2.05, 4.69) is 15.2 Å². The van der Waals surface area contributed by atoms with Crippen molar-refractivity contribution in [2.24, 2.45) is 11.8 Å². The second kappa shape index (κ2) is 10.9. The number of aromatic nitrogens is 1. The van der Waals surface area contributed by atoms with Crippen molar-refractivity contribution in [1.82, 2.24) is 10.3 Å². The van der Waals surface area contributed by atoms with Gasteiger partial charge in [0.15, 0.2) is 0 Å². The fourth-order valence-corrected chi connectivity index (χ4v) is 3.37. The number of methoxy groups -OCH3 is 1. The number of hydrogen-bond acceptors (Lipinski definition) is 7. The summed E-state index contributed by atoms with van der Waals surface area (Å²) < 4.78 is 28.8. The van der Waals surface area contributed by atoms with E-state index in [-0.39, 0.29) is 30.4 Å². The molecule has 3 atom stereocenters. The van der Waals surface area contributed by atoms with Crippen molar-refractivity contribution < 1.29 is 28.5 Å². The van der Waals surface area contributed by atoms with Crippen molar-refractivity contribution >= 4 is 11.6 Å². The number of hydrogen-bond donors (Lipinski definition) is 2. The molecule has 0 unspecified atom stereocenters. The van der Waals surface area contributed by atoms with Crippen molar-refractivity contribution in [2.45, 2.75) is 31.9 Å². The van der Waals surface area contributed by atoms with Crippen LogP contribution in [-0.2, 0) is 9.47 Å². The van der Waals surface area contributed by atoms with Gasteiger partial charge in [0.2, 0.25) is 5.88 Å². The molecule has 0 bridgehead atoms. The zero-order valence-corrected chi connectivity index (χ0v) is 17.7. The largest absolute Gasteiger partial charge is 0.476 e. The van der Waals surface area contributed by atoms with E-state index in [9.17, 15) is 14.3 Å². The van der Waals surface area contributed by atoms with Crippen molar-refractivity contribution in [3.05, 3.63) is 17.8 Å². The van der Waals surface area contributed by atoms with Gasteiger partial charge in [0.05, 0.1) is 26.0 Å². The molecular weight excluding hydrogens is 393 g/mol. The lowest BCUT2D eigenvalue weighted by atomic mass is 10.1. The molecular formula is C21H32FN3O5. The molecule has 2 heterocycles. The van der Waals surface area contributed by atoms with E-state index in [0.717, 1.165) is 25.2 Å². The number of rotatable bonds is 13. The Kier molecular flexibility index (Phi) is 8.24. The molecule has 0 aromatic carbocycles. The summed E-state index contributed by atoms with van der Waals surface area (Å²) in [7, 11) is 1.69. The minimum absolute atomic E-state index is 0.170. The van der Waals surface area contributed by atoms with Crippen molar-refractivity contribution in [1.29, 1.82) is 0 Å². The number of carbonyl (C=O) groups is 1. The number of alkyl halides is 1. The Balaban J connectivity index is 1.61. The Hall–Kier alpha value is -1.97. The third kappa shape index (κ3) is 6.02. The average molecular weight is 426 g/mol. The van der Waals surface area contributed by atoms with Gasteiger partial charge in [-0.25, -0.2) is 4.98 Å². The number of aliphatic hydroxyl groups is 1. The summed E-state index contributed by atoms with van der Waals surface area (Å²) in [5.41, 5.74) is 1.10. The van der Waals surface area contributed by atoms with Crippen LogP contribution in [0, 0.1) is 11.8 Å². The smallest absolute Gasteiger partial charge is 0.270 e. The lowest BCUT2D eigenvalue weighted by molar-refractivity contribution is 0.0781. The Morgan fingerprint density at radius 2 is 2.20 bits per heavy atom. The van der Waals surface area contributed by atoms with Crippen LogP contribution in [0.25, 0.3) is 0 Å². The van der Waals surface area contributed by atoms with Crippen LogP contribution in [0.2, 0.25) is 0 Å². The summed E-state index contributed by atoms with van der Waals surface area (Å²) in [6.07, 6.45) is 1.48. The first kappa shape index (κ1) is 22.7. The first-order valence-corrected chi connectivity index (χ1v) is 10.5. The fourth-order valence-electron chi connectivity index (χ4n) is 3.37. The zero-order chi connectivity index (χ0) is 21.5. The number of halogens is 1. The number of amides is 1. The minimum atomic E-state index is -0.415. The van der Waals surface area contributed by atoms with Crippen LogP contribution in [0.3, 0.4) is 0 Å². The molecule has 1 aliphatic heterocycles. The van der Waals surface area contributed by atoms with E-state index in [0.29, 0.717) is 44.0 Å².